The Kier molecular flexibility index (Phi) is 4.44. The van der Waals surface area contributed by atoms with Crippen LogP contribution in [-0.4, -0.2) is 19.3 Å². The Bertz CT molecular complexity index is 394. The first-order valence-corrected chi connectivity index (χ1v) is 6.23. The SMILES string of the molecule is C=C(C(O)c1ccccc1)P(=O)(OC)OC. The molecule has 88 valence electrons. The molecule has 0 aliphatic carbocycles. The van der Waals surface area contributed by atoms with Gasteiger partial charge in [0.25, 0.3) is 0 Å². The number of hydrogen-bond donors (Lipinski definition) is 1. The summed E-state index contributed by atoms with van der Waals surface area (Å²) >= 11 is 0. The maximum Gasteiger partial charge on any atom is 0.359 e. The average molecular weight is 242 g/mol. The summed E-state index contributed by atoms with van der Waals surface area (Å²) in [6.45, 7) is 3.58. The molecule has 0 fully saturated rings. The highest BCUT2D eigenvalue weighted by atomic mass is 31.2. The fourth-order valence-electron chi connectivity index (χ4n) is 1.29. The van der Waals surface area contributed by atoms with Crippen molar-refractivity contribution in [3.63, 3.8) is 0 Å². The van der Waals surface area contributed by atoms with Gasteiger partial charge in [0, 0.05) is 14.2 Å². The van der Waals surface area contributed by atoms with Gasteiger partial charge in [-0.3, -0.25) is 4.57 Å². The predicted octanol–water partition coefficient (Wildman–Crippen LogP) is 2.72. The first-order chi connectivity index (χ1) is 7.55. The van der Waals surface area contributed by atoms with Gasteiger partial charge < -0.3 is 14.2 Å². The van der Waals surface area contributed by atoms with Crippen LogP contribution in [0.25, 0.3) is 0 Å². The summed E-state index contributed by atoms with van der Waals surface area (Å²) in [5.41, 5.74) is 0.599. The molecule has 0 saturated carbocycles. The summed E-state index contributed by atoms with van der Waals surface area (Å²) in [4.78, 5) is 0. The third-order valence-electron chi connectivity index (χ3n) is 2.26. The molecule has 1 atom stereocenters. The van der Waals surface area contributed by atoms with E-state index in [-0.39, 0.29) is 5.31 Å². The molecule has 16 heavy (non-hydrogen) atoms. The Morgan fingerprint density at radius 3 is 2.25 bits per heavy atom. The normalized spacial score (nSPS) is 13.4. The van der Waals surface area contributed by atoms with Crippen molar-refractivity contribution in [1.29, 1.82) is 0 Å². The van der Waals surface area contributed by atoms with E-state index >= 15 is 0 Å². The Morgan fingerprint density at radius 2 is 1.81 bits per heavy atom. The Morgan fingerprint density at radius 1 is 1.31 bits per heavy atom. The summed E-state index contributed by atoms with van der Waals surface area (Å²) in [6, 6.07) is 8.80. The first-order valence-electron chi connectivity index (χ1n) is 4.69. The van der Waals surface area contributed by atoms with Crippen LogP contribution in [0.5, 0.6) is 0 Å². The van der Waals surface area contributed by atoms with Crippen molar-refractivity contribution >= 4 is 7.60 Å². The minimum atomic E-state index is -3.44. The number of benzene rings is 1. The molecule has 1 aromatic carbocycles. The molecule has 0 bridgehead atoms. The minimum Gasteiger partial charge on any atom is -0.383 e. The van der Waals surface area contributed by atoms with E-state index in [2.05, 4.69) is 6.58 Å². The fraction of sp³-hybridized carbons (Fsp3) is 0.273. The zero-order chi connectivity index (χ0) is 12.2. The zero-order valence-corrected chi connectivity index (χ0v) is 10.2. The minimum absolute atomic E-state index is 0.0312. The van der Waals surface area contributed by atoms with Crippen LogP contribution >= 0.6 is 7.60 Å². The van der Waals surface area contributed by atoms with Crippen LogP contribution in [0.3, 0.4) is 0 Å². The molecule has 1 N–H and O–H groups in total. The second-order valence-corrected chi connectivity index (χ2v) is 5.47. The highest BCUT2D eigenvalue weighted by molar-refractivity contribution is 7.58. The van der Waals surface area contributed by atoms with Crippen LogP contribution in [0.1, 0.15) is 11.7 Å². The van der Waals surface area contributed by atoms with Crippen molar-refractivity contribution in [2.45, 2.75) is 6.10 Å². The van der Waals surface area contributed by atoms with Gasteiger partial charge in [-0.05, 0) is 5.56 Å². The summed E-state index contributed by atoms with van der Waals surface area (Å²) in [6.07, 6.45) is -1.06. The molecule has 0 saturated heterocycles. The van der Waals surface area contributed by atoms with Crippen molar-refractivity contribution in [1.82, 2.24) is 0 Å². The first kappa shape index (κ1) is 13.1. The maximum atomic E-state index is 12.0. The zero-order valence-electron chi connectivity index (χ0n) is 9.29. The van der Waals surface area contributed by atoms with Crippen molar-refractivity contribution in [3.8, 4) is 0 Å². The molecule has 0 aliphatic rings. The van der Waals surface area contributed by atoms with Crippen LogP contribution in [0, 0.1) is 0 Å². The molecule has 0 spiro atoms. The van der Waals surface area contributed by atoms with Gasteiger partial charge in [-0.15, -0.1) is 0 Å². The number of hydrogen-bond acceptors (Lipinski definition) is 4. The van der Waals surface area contributed by atoms with Gasteiger partial charge in [0.05, 0.1) is 5.31 Å². The lowest BCUT2D eigenvalue weighted by molar-refractivity contribution is 0.209. The molecule has 0 heterocycles. The van der Waals surface area contributed by atoms with Crippen molar-refractivity contribution in [2.75, 3.05) is 14.2 Å². The predicted molar refractivity (Wildman–Crippen MR) is 62.2 cm³/mol. The fourth-order valence-corrected chi connectivity index (χ4v) is 2.35. The van der Waals surface area contributed by atoms with Gasteiger partial charge in [0.2, 0.25) is 0 Å². The molecule has 1 rings (SSSR count). The summed E-state index contributed by atoms with van der Waals surface area (Å²) in [7, 11) is -0.924. The molecule has 0 radical (unpaired) electrons. The molecule has 5 heteroatoms. The number of aliphatic hydroxyl groups is 1. The third-order valence-corrected chi connectivity index (χ3v) is 4.17. The van der Waals surface area contributed by atoms with E-state index in [1.807, 2.05) is 6.07 Å². The van der Waals surface area contributed by atoms with Crippen LogP contribution < -0.4 is 0 Å². The maximum absolute atomic E-state index is 12.0. The number of rotatable bonds is 5. The molecular formula is C11H15O4P. The second-order valence-electron chi connectivity index (χ2n) is 3.17. The van der Waals surface area contributed by atoms with E-state index < -0.39 is 13.7 Å². The Hall–Kier alpha value is -0.930. The molecule has 0 aromatic heterocycles. The average Bonchev–Trinajstić information content (AvgIpc) is 2.37. The topological polar surface area (TPSA) is 55.8 Å². The lowest BCUT2D eigenvalue weighted by Crippen LogP contribution is -2.03. The Labute approximate surface area is 95.1 Å². The lowest BCUT2D eigenvalue weighted by Gasteiger charge is -2.20. The van der Waals surface area contributed by atoms with Gasteiger partial charge in [0.15, 0.2) is 0 Å². The lowest BCUT2D eigenvalue weighted by atomic mass is 10.1. The van der Waals surface area contributed by atoms with Gasteiger partial charge in [0.1, 0.15) is 6.10 Å². The number of aliphatic hydroxyl groups excluding tert-OH is 1. The highest BCUT2D eigenvalue weighted by Crippen LogP contribution is 2.57. The van der Waals surface area contributed by atoms with E-state index in [0.29, 0.717) is 5.56 Å². The van der Waals surface area contributed by atoms with E-state index in [4.69, 9.17) is 9.05 Å². The van der Waals surface area contributed by atoms with Crippen LogP contribution in [0.2, 0.25) is 0 Å². The van der Waals surface area contributed by atoms with Crippen molar-refractivity contribution in [2.24, 2.45) is 0 Å². The highest BCUT2D eigenvalue weighted by Gasteiger charge is 2.31. The van der Waals surface area contributed by atoms with E-state index in [1.54, 1.807) is 24.3 Å². The second kappa shape index (κ2) is 5.41. The van der Waals surface area contributed by atoms with Gasteiger partial charge in [-0.2, -0.15) is 0 Å². The van der Waals surface area contributed by atoms with Crippen LogP contribution in [0.4, 0.5) is 0 Å². The van der Waals surface area contributed by atoms with Gasteiger partial charge in [-0.25, -0.2) is 0 Å². The molecule has 1 unspecified atom stereocenters. The van der Waals surface area contributed by atoms with Crippen LogP contribution in [0.15, 0.2) is 42.2 Å². The summed E-state index contributed by atoms with van der Waals surface area (Å²) in [5, 5.41) is 9.99. The van der Waals surface area contributed by atoms with Crippen molar-refractivity contribution < 1.29 is 18.7 Å². The summed E-state index contributed by atoms with van der Waals surface area (Å²) in [5.74, 6) is 0. The smallest absolute Gasteiger partial charge is 0.359 e. The molecule has 0 amide bonds. The van der Waals surface area contributed by atoms with E-state index in [1.165, 1.54) is 14.2 Å². The largest absolute Gasteiger partial charge is 0.383 e. The van der Waals surface area contributed by atoms with Crippen LogP contribution in [-0.2, 0) is 13.6 Å². The quantitative estimate of drug-likeness (QED) is 0.806. The third kappa shape index (κ3) is 2.60. The molecular weight excluding hydrogens is 227 g/mol. The Balaban J connectivity index is 2.95. The van der Waals surface area contributed by atoms with Gasteiger partial charge in [-0.1, -0.05) is 36.9 Å². The monoisotopic (exact) mass is 242 g/mol. The van der Waals surface area contributed by atoms with Crippen molar-refractivity contribution in [3.05, 3.63) is 47.8 Å². The van der Waals surface area contributed by atoms with Gasteiger partial charge >= 0.3 is 7.60 Å². The van der Waals surface area contributed by atoms with E-state index in [0.717, 1.165) is 0 Å². The summed E-state index contributed by atoms with van der Waals surface area (Å²) < 4.78 is 21.5. The molecule has 4 nitrogen and oxygen atoms in total. The molecule has 1 aromatic rings. The van der Waals surface area contributed by atoms with E-state index in [9.17, 15) is 9.67 Å². The molecule has 0 aliphatic heterocycles. The standard InChI is InChI=1S/C11H15O4P/c1-9(16(13,14-2)15-3)11(12)10-7-5-4-6-8-10/h4-8,11-12H,1H2,2-3H3.